The van der Waals surface area contributed by atoms with Gasteiger partial charge in [0.15, 0.2) is 0 Å². The maximum atomic E-state index is 11.4. The van der Waals surface area contributed by atoms with Crippen LogP contribution in [0.25, 0.3) is 0 Å². The van der Waals surface area contributed by atoms with Crippen molar-refractivity contribution in [2.24, 2.45) is 5.41 Å². The number of carboxylic acids is 1. The van der Waals surface area contributed by atoms with E-state index in [-0.39, 0.29) is 0 Å². The lowest BCUT2D eigenvalue weighted by Crippen LogP contribution is -2.54. The molecule has 0 aromatic carbocycles. The first-order chi connectivity index (χ1) is 7.14. The lowest BCUT2D eigenvalue weighted by molar-refractivity contribution is -0.158. The van der Waals surface area contributed by atoms with Crippen molar-refractivity contribution < 1.29 is 14.6 Å². The summed E-state index contributed by atoms with van der Waals surface area (Å²) < 4.78 is 5.25. The van der Waals surface area contributed by atoms with Crippen LogP contribution in [0.15, 0.2) is 0 Å². The van der Waals surface area contributed by atoms with Gasteiger partial charge in [0, 0.05) is 25.8 Å². The Labute approximate surface area is 90.2 Å². The van der Waals surface area contributed by atoms with Gasteiger partial charge in [-0.05, 0) is 32.7 Å². The number of carbonyl (C=O) groups is 1. The van der Waals surface area contributed by atoms with Gasteiger partial charge < -0.3 is 9.84 Å². The summed E-state index contributed by atoms with van der Waals surface area (Å²) in [7, 11) is 0. The van der Waals surface area contributed by atoms with E-state index in [0.29, 0.717) is 38.6 Å². The number of rotatable bonds is 3. The molecule has 1 N–H and O–H groups in total. The Balaban J connectivity index is 2.01. The molecule has 0 aliphatic carbocycles. The molecule has 0 aromatic rings. The number of carboxylic acid groups (broad SMARTS) is 1. The normalized spacial score (nSPS) is 30.9. The minimum Gasteiger partial charge on any atom is -0.481 e. The Kier molecular flexibility index (Phi) is 2.98. The predicted octanol–water partition coefficient (Wildman–Crippen LogP) is 0.962. The van der Waals surface area contributed by atoms with E-state index < -0.39 is 11.4 Å². The zero-order valence-electron chi connectivity index (χ0n) is 9.24. The largest absolute Gasteiger partial charge is 0.481 e. The van der Waals surface area contributed by atoms with Crippen LogP contribution >= 0.6 is 0 Å². The fourth-order valence-electron chi connectivity index (χ4n) is 2.40. The molecule has 0 spiro atoms. The van der Waals surface area contributed by atoms with Crippen LogP contribution in [0, 0.1) is 5.41 Å². The molecule has 86 valence electrons. The average molecular weight is 213 g/mol. The van der Waals surface area contributed by atoms with Crippen molar-refractivity contribution >= 4 is 5.97 Å². The average Bonchev–Trinajstić information content (AvgIpc) is 2.25. The highest BCUT2D eigenvalue weighted by atomic mass is 16.5. The second kappa shape index (κ2) is 4.10. The molecule has 2 aliphatic rings. The Morgan fingerprint density at radius 3 is 2.60 bits per heavy atom. The summed E-state index contributed by atoms with van der Waals surface area (Å²) in [6, 6.07) is 0.559. The first-order valence-corrected chi connectivity index (χ1v) is 5.69. The van der Waals surface area contributed by atoms with Crippen molar-refractivity contribution in [1.82, 2.24) is 4.90 Å². The van der Waals surface area contributed by atoms with Crippen LogP contribution < -0.4 is 0 Å². The van der Waals surface area contributed by atoms with Crippen LogP contribution in [0.4, 0.5) is 0 Å². The van der Waals surface area contributed by atoms with E-state index in [9.17, 15) is 9.90 Å². The molecule has 1 atom stereocenters. The summed E-state index contributed by atoms with van der Waals surface area (Å²) in [5.41, 5.74) is -0.549. The SMILES string of the molecule is CC1CCN1CC1(C(=O)O)CCOCC1. The van der Waals surface area contributed by atoms with Gasteiger partial charge in [0.05, 0.1) is 5.41 Å². The highest BCUT2D eigenvalue weighted by Gasteiger charge is 2.43. The predicted molar refractivity (Wildman–Crippen MR) is 55.8 cm³/mol. The molecule has 0 amide bonds. The summed E-state index contributed by atoms with van der Waals surface area (Å²) in [6.07, 6.45) is 2.52. The van der Waals surface area contributed by atoms with E-state index in [0.717, 1.165) is 6.54 Å². The Hall–Kier alpha value is -0.610. The quantitative estimate of drug-likeness (QED) is 0.758. The number of ether oxygens (including phenoxy) is 1. The summed E-state index contributed by atoms with van der Waals surface area (Å²) in [5, 5.41) is 9.36. The van der Waals surface area contributed by atoms with Crippen molar-refractivity contribution in [2.45, 2.75) is 32.2 Å². The molecule has 15 heavy (non-hydrogen) atoms. The minimum absolute atomic E-state index is 0.549. The van der Waals surface area contributed by atoms with Gasteiger partial charge in [0.25, 0.3) is 0 Å². The smallest absolute Gasteiger partial charge is 0.311 e. The molecule has 4 heteroatoms. The monoisotopic (exact) mass is 213 g/mol. The second-order valence-corrected chi connectivity index (χ2v) is 4.81. The van der Waals surface area contributed by atoms with Gasteiger partial charge in [0.2, 0.25) is 0 Å². The summed E-state index contributed by atoms with van der Waals surface area (Å²) in [6.45, 7) is 5.10. The first kappa shape index (κ1) is 10.9. The third-order valence-corrected chi connectivity index (χ3v) is 3.87. The molecule has 0 bridgehead atoms. The van der Waals surface area contributed by atoms with Crippen molar-refractivity contribution in [2.75, 3.05) is 26.3 Å². The number of hydrogen-bond donors (Lipinski definition) is 1. The van der Waals surface area contributed by atoms with Crippen LogP contribution in [0.3, 0.4) is 0 Å². The van der Waals surface area contributed by atoms with Crippen molar-refractivity contribution in [3.63, 3.8) is 0 Å². The molecule has 0 saturated carbocycles. The summed E-state index contributed by atoms with van der Waals surface area (Å²) in [4.78, 5) is 13.7. The number of aliphatic carboxylic acids is 1. The van der Waals surface area contributed by atoms with Gasteiger partial charge in [-0.2, -0.15) is 0 Å². The van der Waals surface area contributed by atoms with E-state index in [4.69, 9.17) is 4.74 Å². The minimum atomic E-state index is -0.648. The van der Waals surface area contributed by atoms with Crippen molar-refractivity contribution in [3.8, 4) is 0 Å². The van der Waals surface area contributed by atoms with E-state index in [1.807, 2.05) is 0 Å². The van der Waals surface area contributed by atoms with Gasteiger partial charge in [-0.3, -0.25) is 9.69 Å². The van der Waals surface area contributed by atoms with Crippen molar-refractivity contribution in [3.05, 3.63) is 0 Å². The van der Waals surface area contributed by atoms with Crippen molar-refractivity contribution in [1.29, 1.82) is 0 Å². The lowest BCUT2D eigenvalue weighted by Gasteiger charge is -2.45. The van der Waals surface area contributed by atoms with E-state index in [2.05, 4.69) is 11.8 Å². The van der Waals surface area contributed by atoms with Crippen LogP contribution in [-0.2, 0) is 9.53 Å². The second-order valence-electron chi connectivity index (χ2n) is 4.81. The van der Waals surface area contributed by atoms with Crippen LogP contribution in [-0.4, -0.2) is 48.3 Å². The number of nitrogens with zero attached hydrogens (tertiary/aromatic N) is 1. The summed E-state index contributed by atoms with van der Waals surface area (Å²) in [5.74, 6) is -0.648. The maximum Gasteiger partial charge on any atom is 0.311 e. The van der Waals surface area contributed by atoms with Crippen LogP contribution in [0.1, 0.15) is 26.2 Å². The highest BCUT2D eigenvalue weighted by Crippen LogP contribution is 2.34. The molecule has 0 aromatic heterocycles. The third kappa shape index (κ3) is 2.01. The number of hydrogen-bond acceptors (Lipinski definition) is 3. The Morgan fingerprint density at radius 1 is 1.53 bits per heavy atom. The fourth-order valence-corrected chi connectivity index (χ4v) is 2.40. The summed E-state index contributed by atoms with van der Waals surface area (Å²) >= 11 is 0. The molecule has 2 fully saturated rings. The zero-order valence-corrected chi connectivity index (χ0v) is 9.24. The third-order valence-electron chi connectivity index (χ3n) is 3.87. The molecule has 2 saturated heterocycles. The van der Waals surface area contributed by atoms with Gasteiger partial charge in [0.1, 0.15) is 0 Å². The fraction of sp³-hybridized carbons (Fsp3) is 0.909. The van der Waals surface area contributed by atoms with Gasteiger partial charge in [-0.25, -0.2) is 0 Å². The van der Waals surface area contributed by atoms with E-state index >= 15 is 0 Å². The molecular weight excluding hydrogens is 194 g/mol. The Morgan fingerprint density at radius 2 is 2.20 bits per heavy atom. The zero-order chi connectivity index (χ0) is 10.9. The van der Waals surface area contributed by atoms with Gasteiger partial charge in [-0.15, -0.1) is 0 Å². The van der Waals surface area contributed by atoms with Gasteiger partial charge >= 0.3 is 5.97 Å². The Bertz CT molecular complexity index is 248. The highest BCUT2D eigenvalue weighted by molar-refractivity contribution is 5.75. The molecule has 2 aliphatic heterocycles. The van der Waals surface area contributed by atoms with Crippen LogP contribution in [0.5, 0.6) is 0 Å². The molecule has 2 heterocycles. The van der Waals surface area contributed by atoms with E-state index in [1.54, 1.807) is 0 Å². The first-order valence-electron chi connectivity index (χ1n) is 5.69. The number of likely N-dealkylation sites (tertiary alicyclic amines) is 1. The molecule has 2 rings (SSSR count). The lowest BCUT2D eigenvalue weighted by atomic mass is 9.78. The van der Waals surface area contributed by atoms with E-state index in [1.165, 1.54) is 6.42 Å². The topological polar surface area (TPSA) is 49.8 Å². The standard InChI is InChI=1S/C11H19NO3/c1-9-2-5-12(9)8-11(10(13)14)3-6-15-7-4-11/h9H,2-8H2,1H3,(H,13,14). The molecule has 1 unspecified atom stereocenters. The molecular formula is C11H19NO3. The molecule has 0 radical (unpaired) electrons. The maximum absolute atomic E-state index is 11.4. The molecule has 4 nitrogen and oxygen atoms in total. The van der Waals surface area contributed by atoms with Crippen LogP contribution in [0.2, 0.25) is 0 Å². The van der Waals surface area contributed by atoms with Gasteiger partial charge in [-0.1, -0.05) is 0 Å².